The monoisotopic (exact) mass is 1180 g/mol. The first-order valence-electron chi connectivity index (χ1n) is 29.3. The first-order chi connectivity index (χ1) is 39.2. The quantitative estimate of drug-likeness (QED) is 0.0379. The van der Waals surface area contributed by atoms with Gasteiger partial charge in [0.05, 0.1) is 55.5 Å². The largest absolute Gasteiger partial charge is 0.483 e. The number of benzene rings is 2. The van der Waals surface area contributed by atoms with Crippen LogP contribution >= 0.6 is 23.2 Å². The van der Waals surface area contributed by atoms with Gasteiger partial charge in [0.2, 0.25) is 11.8 Å². The number of fused-ring (bicyclic) bond motifs is 6. The summed E-state index contributed by atoms with van der Waals surface area (Å²) >= 11 is 12.6. The van der Waals surface area contributed by atoms with Gasteiger partial charge >= 0.3 is 23.9 Å². The van der Waals surface area contributed by atoms with Crippen molar-refractivity contribution in [2.75, 3.05) is 20.2 Å². The van der Waals surface area contributed by atoms with Crippen LogP contribution in [0.1, 0.15) is 167 Å². The molecule has 2 aromatic heterocycles. The highest BCUT2D eigenvalue weighted by atomic mass is 35.5. The van der Waals surface area contributed by atoms with Gasteiger partial charge in [-0.05, 0) is 156 Å². The van der Waals surface area contributed by atoms with Gasteiger partial charge in [-0.15, -0.1) is 13.2 Å². The van der Waals surface area contributed by atoms with Crippen LogP contribution < -0.4 is 9.47 Å². The Hall–Kier alpha value is -6.26. The number of aliphatic carboxylic acids is 1. The number of esters is 3. The molecule has 0 saturated carbocycles. The van der Waals surface area contributed by atoms with Gasteiger partial charge in [-0.1, -0.05) is 61.0 Å². The number of ether oxygens (including phenoxy) is 5. The highest BCUT2D eigenvalue weighted by molar-refractivity contribution is 6.31. The molecule has 2 saturated heterocycles. The molecule has 16 nitrogen and oxygen atoms in total. The zero-order chi connectivity index (χ0) is 60.6. The third-order valence-electron chi connectivity index (χ3n) is 16.1. The number of carboxylic acids is 1. The number of amides is 2. The molecule has 0 unspecified atom stereocenters. The van der Waals surface area contributed by atoms with Crippen LogP contribution in [0, 0.1) is 25.7 Å². The average Bonchev–Trinajstić information content (AvgIpc) is 2.72. The summed E-state index contributed by atoms with van der Waals surface area (Å²) in [5, 5.41) is 13.3. The van der Waals surface area contributed by atoms with E-state index < -0.39 is 70.2 Å². The number of methoxy groups -OCH3 is 1. The fourth-order valence-electron chi connectivity index (χ4n) is 12.3. The van der Waals surface area contributed by atoms with Crippen molar-refractivity contribution in [3.63, 3.8) is 0 Å². The van der Waals surface area contributed by atoms with E-state index in [0.717, 1.165) is 90.0 Å². The number of rotatable bonds is 20. The van der Waals surface area contributed by atoms with Crippen molar-refractivity contribution in [3.8, 4) is 11.5 Å². The third kappa shape index (κ3) is 16.1. The Balaban J connectivity index is 0.000000239. The van der Waals surface area contributed by atoms with Gasteiger partial charge in [0.15, 0.2) is 0 Å². The number of carbonyl (C=O) groups excluding carboxylic acids is 5. The molecule has 450 valence electrons. The molecule has 0 aliphatic carbocycles. The molecule has 2 aromatic carbocycles. The molecular formula is C65H84Cl2N4O12. The third-order valence-corrected chi connectivity index (χ3v) is 16.5. The SMILES string of the molecule is C=CCCCCC[C@H](CC(=O)OC(C)(C)C)C(=O)N1C[C@@]2(CCc3c(c(C)nc4ccc(Cl)cc34)O2)C[C@H]1C(=O)O.C=CCCCCC[C@H](CC(=O)OC(C)(C)C)C(=O)N1C[C@@]2(CCc3c(c(C)nc4ccc(Cl)cc34)O2)C[C@H]1C(=O)OC. The van der Waals surface area contributed by atoms with Gasteiger partial charge in [-0.3, -0.25) is 19.2 Å². The number of likely N-dealkylation sites (tertiary alicyclic amines) is 2. The Kier molecular flexibility index (Phi) is 21.1. The van der Waals surface area contributed by atoms with E-state index in [4.69, 9.17) is 56.9 Å². The van der Waals surface area contributed by atoms with Gasteiger partial charge in [-0.2, -0.15) is 0 Å². The molecule has 83 heavy (non-hydrogen) atoms. The number of halogens is 2. The maximum Gasteiger partial charge on any atom is 0.328 e. The lowest BCUT2D eigenvalue weighted by Crippen LogP contribution is -2.46. The van der Waals surface area contributed by atoms with Crippen LogP contribution in [0.25, 0.3) is 21.8 Å². The summed E-state index contributed by atoms with van der Waals surface area (Å²) < 4.78 is 29.6. The molecule has 4 aliphatic heterocycles. The predicted octanol–water partition coefficient (Wildman–Crippen LogP) is 12.9. The van der Waals surface area contributed by atoms with Crippen molar-refractivity contribution in [2.24, 2.45) is 11.8 Å². The topological polar surface area (TPSA) is 201 Å². The van der Waals surface area contributed by atoms with Crippen LogP contribution in [0.15, 0.2) is 61.7 Å². The second kappa shape index (κ2) is 27.2. The highest BCUT2D eigenvalue weighted by Gasteiger charge is 2.55. The molecule has 6 atom stereocenters. The zero-order valence-corrected chi connectivity index (χ0v) is 51.5. The lowest BCUT2D eigenvalue weighted by atomic mass is 9.87. The average molecular weight is 1180 g/mol. The van der Waals surface area contributed by atoms with E-state index in [-0.39, 0.29) is 44.2 Å². The number of aryl methyl sites for hydroxylation is 4. The minimum absolute atomic E-state index is 0.0472. The van der Waals surface area contributed by atoms with E-state index in [9.17, 15) is 33.9 Å². The van der Waals surface area contributed by atoms with Crippen molar-refractivity contribution in [1.29, 1.82) is 0 Å². The molecule has 0 bridgehead atoms. The molecule has 0 radical (unpaired) electrons. The van der Waals surface area contributed by atoms with Crippen LogP contribution in [0.2, 0.25) is 10.0 Å². The fourth-order valence-corrected chi connectivity index (χ4v) is 12.6. The number of nitrogens with zero attached hydrogens (tertiary/aromatic N) is 4. The number of carboxylic acid groups (broad SMARTS) is 1. The lowest BCUT2D eigenvalue weighted by molar-refractivity contribution is -0.160. The Morgan fingerprint density at radius 1 is 0.675 bits per heavy atom. The molecule has 4 aliphatic rings. The van der Waals surface area contributed by atoms with E-state index in [0.29, 0.717) is 72.2 Å². The minimum atomic E-state index is -1.08. The van der Waals surface area contributed by atoms with Crippen LogP contribution in [0.5, 0.6) is 11.5 Å². The first-order valence-corrected chi connectivity index (χ1v) is 30.1. The number of unbranched alkanes of at least 4 members (excludes halogenated alkanes) is 6. The van der Waals surface area contributed by atoms with E-state index in [1.165, 1.54) is 12.0 Å². The zero-order valence-electron chi connectivity index (χ0n) is 50.0. The summed E-state index contributed by atoms with van der Waals surface area (Å²) in [7, 11) is 1.33. The van der Waals surface area contributed by atoms with Gasteiger partial charge in [0.25, 0.3) is 0 Å². The summed E-state index contributed by atoms with van der Waals surface area (Å²) in [6.07, 6.45) is 14.6. The molecule has 18 heteroatoms. The Morgan fingerprint density at radius 2 is 1.08 bits per heavy atom. The summed E-state index contributed by atoms with van der Waals surface area (Å²) in [6.45, 7) is 22.4. The second-order valence-corrected chi connectivity index (χ2v) is 25.8. The van der Waals surface area contributed by atoms with Crippen molar-refractivity contribution in [3.05, 3.63) is 94.3 Å². The number of aromatic nitrogens is 2. The van der Waals surface area contributed by atoms with Gasteiger partial charge in [-0.25, -0.2) is 19.6 Å². The van der Waals surface area contributed by atoms with Crippen LogP contribution in [0.3, 0.4) is 0 Å². The van der Waals surface area contributed by atoms with Crippen molar-refractivity contribution < 1.29 is 57.6 Å². The van der Waals surface area contributed by atoms with E-state index in [2.05, 4.69) is 13.2 Å². The number of hydrogen-bond acceptors (Lipinski definition) is 13. The van der Waals surface area contributed by atoms with Crippen LogP contribution in [0.4, 0.5) is 0 Å². The summed E-state index contributed by atoms with van der Waals surface area (Å²) in [4.78, 5) is 91.7. The standard InChI is InChI=1S/C33H43ClN2O6.C32H41ClN2O6/c1-7-8-9-10-11-12-22(17-28(37)41-32(3,4)5)30(38)36-20-33(19-27(36)31(39)40-6)16-15-24-25-18-23(34)13-14-26(25)35-21(2)29(24)42-33;1-6-7-8-9-10-11-21(16-27(36)40-31(3,4)5)29(37)35-19-32(18-26(35)30(38)39)15-14-23-24-17-22(33)12-13-25(24)34-20(2)28(23)41-32/h7,13-14,18,22,27H,1,8-12,15-17,19-20H2,2-6H3;6,12-13,17,21,26H,1,7-11,14-16,18-19H2,2-5H3,(H,38,39)/t22-,27+,33-;21-,26+,32-/m11/s1. The van der Waals surface area contributed by atoms with Crippen LogP contribution in [-0.4, -0.2) is 115 Å². The van der Waals surface area contributed by atoms with Gasteiger partial charge in [0.1, 0.15) is 46.0 Å². The molecule has 2 spiro atoms. The summed E-state index contributed by atoms with van der Waals surface area (Å²) in [6, 6.07) is 9.34. The van der Waals surface area contributed by atoms with Crippen molar-refractivity contribution in [2.45, 2.75) is 205 Å². The molecule has 4 aromatic rings. The van der Waals surface area contributed by atoms with Gasteiger partial charge in [0, 0.05) is 56.6 Å². The molecule has 8 rings (SSSR count). The Bertz CT molecular complexity index is 3100. The normalized spacial score (nSPS) is 20.8. The van der Waals surface area contributed by atoms with E-state index in [1.54, 1.807) is 52.5 Å². The van der Waals surface area contributed by atoms with Crippen molar-refractivity contribution >= 4 is 80.7 Å². The Morgan fingerprint density at radius 3 is 1.47 bits per heavy atom. The number of carbonyl (C=O) groups is 6. The second-order valence-electron chi connectivity index (χ2n) is 25.0. The predicted molar refractivity (Wildman–Crippen MR) is 321 cm³/mol. The minimum Gasteiger partial charge on any atom is -0.483 e. The smallest absolute Gasteiger partial charge is 0.328 e. The Labute approximate surface area is 499 Å². The van der Waals surface area contributed by atoms with Crippen LogP contribution in [-0.2, 0) is 55.8 Å². The molecule has 6 heterocycles. The number of hydrogen-bond donors (Lipinski definition) is 1. The fraction of sp³-hybridized carbons (Fsp3) is 0.569. The van der Waals surface area contributed by atoms with E-state index in [1.807, 2.05) is 56.3 Å². The van der Waals surface area contributed by atoms with Crippen molar-refractivity contribution in [1.82, 2.24) is 19.8 Å². The molecule has 2 amide bonds. The van der Waals surface area contributed by atoms with E-state index >= 15 is 0 Å². The summed E-state index contributed by atoms with van der Waals surface area (Å²) in [5.41, 5.74) is 2.20. The maximum absolute atomic E-state index is 14.2. The number of pyridine rings is 2. The lowest BCUT2D eigenvalue weighted by Gasteiger charge is -2.36. The first kappa shape index (κ1) is 64.3. The molecule has 2 fully saturated rings. The molecular weight excluding hydrogens is 1100 g/mol. The highest BCUT2D eigenvalue weighted by Crippen LogP contribution is 2.47. The summed E-state index contributed by atoms with van der Waals surface area (Å²) in [5.74, 6) is -3.00. The maximum atomic E-state index is 14.2. The molecule has 1 N–H and O–H groups in total. The number of allylic oxidation sites excluding steroid dienone is 2. The van der Waals surface area contributed by atoms with Gasteiger partial charge < -0.3 is 38.6 Å².